The number of carboxylic acids is 1. The lowest BCUT2D eigenvalue weighted by atomic mass is 10.2. The Hall–Kier alpha value is -1.87. The van der Waals surface area contributed by atoms with E-state index in [9.17, 15) is 9.18 Å². The lowest BCUT2D eigenvalue weighted by molar-refractivity contribution is -0.140. The predicted molar refractivity (Wildman–Crippen MR) is 74.0 cm³/mol. The van der Waals surface area contributed by atoms with Crippen LogP contribution >= 0.6 is 15.9 Å². The first-order valence-corrected chi connectivity index (χ1v) is 6.76. The molecule has 1 aromatic heterocycles. The average molecular weight is 359 g/mol. The molecular formula is C12H12BrFN4O3. The molecule has 0 radical (unpaired) electrons. The number of aliphatic carboxylic acids is 1. The number of tetrazole rings is 1. The van der Waals surface area contributed by atoms with Crippen molar-refractivity contribution in [2.24, 2.45) is 0 Å². The summed E-state index contributed by atoms with van der Waals surface area (Å²) in [5.41, 5.74) is 0.483. The number of hydrogen-bond donors (Lipinski definition) is 1. The molecule has 0 aliphatic heterocycles. The summed E-state index contributed by atoms with van der Waals surface area (Å²) >= 11 is 3.20. The molecule has 2 rings (SSSR count). The summed E-state index contributed by atoms with van der Waals surface area (Å²) in [5.74, 6) is -1.07. The number of hydrogen-bond acceptors (Lipinski definition) is 5. The SMILES string of the molecule is COC(CC(=O)O)Cn1nnnc1-c1cc(F)cc(Br)c1. The standard InChI is InChI=1S/C12H12BrFN4O3/c1-21-10(5-11(19)20)6-18-12(15-16-17-18)7-2-8(13)4-9(14)3-7/h2-4,10H,5-6H2,1H3,(H,19,20). The first-order chi connectivity index (χ1) is 9.99. The zero-order valence-electron chi connectivity index (χ0n) is 11.0. The smallest absolute Gasteiger partial charge is 0.306 e. The number of ether oxygens (including phenoxy) is 1. The highest BCUT2D eigenvalue weighted by atomic mass is 79.9. The second-order valence-electron chi connectivity index (χ2n) is 4.30. The lowest BCUT2D eigenvalue weighted by Gasteiger charge is -2.13. The Kier molecular flexibility index (Phi) is 4.97. The van der Waals surface area contributed by atoms with Gasteiger partial charge in [-0.2, -0.15) is 0 Å². The van der Waals surface area contributed by atoms with Gasteiger partial charge in [-0.25, -0.2) is 9.07 Å². The van der Waals surface area contributed by atoms with Crippen molar-refractivity contribution in [3.63, 3.8) is 0 Å². The number of carboxylic acid groups (broad SMARTS) is 1. The molecule has 0 spiro atoms. The minimum atomic E-state index is -0.982. The molecule has 0 aliphatic carbocycles. The van der Waals surface area contributed by atoms with Crippen molar-refractivity contribution in [2.45, 2.75) is 19.1 Å². The molecule has 1 heterocycles. The minimum absolute atomic E-state index is 0.152. The van der Waals surface area contributed by atoms with E-state index in [1.165, 1.54) is 23.9 Å². The van der Waals surface area contributed by atoms with E-state index in [1.807, 2.05) is 0 Å². The Morgan fingerprint density at radius 1 is 1.52 bits per heavy atom. The maximum atomic E-state index is 13.4. The summed E-state index contributed by atoms with van der Waals surface area (Å²) in [7, 11) is 1.41. The topological polar surface area (TPSA) is 90.1 Å². The highest BCUT2D eigenvalue weighted by Gasteiger charge is 2.18. The molecule has 0 bridgehead atoms. The normalized spacial score (nSPS) is 12.3. The summed E-state index contributed by atoms with van der Waals surface area (Å²) in [6.07, 6.45) is -0.760. The van der Waals surface area contributed by atoms with Crippen LogP contribution in [-0.2, 0) is 16.1 Å². The first kappa shape index (κ1) is 15.5. The van der Waals surface area contributed by atoms with Gasteiger partial charge in [0.25, 0.3) is 0 Å². The van der Waals surface area contributed by atoms with Crippen LogP contribution in [0.2, 0.25) is 0 Å². The number of rotatable bonds is 6. The van der Waals surface area contributed by atoms with Crippen molar-refractivity contribution in [2.75, 3.05) is 7.11 Å². The molecule has 0 saturated heterocycles. The van der Waals surface area contributed by atoms with Crippen molar-refractivity contribution in [3.8, 4) is 11.4 Å². The third-order valence-corrected chi connectivity index (χ3v) is 3.22. The van der Waals surface area contributed by atoms with Crippen molar-refractivity contribution in [3.05, 3.63) is 28.5 Å². The van der Waals surface area contributed by atoms with Crippen LogP contribution in [0.5, 0.6) is 0 Å². The van der Waals surface area contributed by atoms with Crippen LogP contribution in [0.4, 0.5) is 4.39 Å². The molecule has 21 heavy (non-hydrogen) atoms. The Morgan fingerprint density at radius 2 is 2.29 bits per heavy atom. The quantitative estimate of drug-likeness (QED) is 0.845. The Labute approximate surface area is 127 Å². The van der Waals surface area contributed by atoms with E-state index in [2.05, 4.69) is 31.5 Å². The van der Waals surface area contributed by atoms with Gasteiger partial charge in [0.15, 0.2) is 5.82 Å². The number of carbonyl (C=O) groups is 1. The monoisotopic (exact) mass is 358 g/mol. The van der Waals surface area contributed by atoms with Crippen LogP contribution in [0.1, 0.15) is 6.42 Å². The summed E-state index contributed by atoms with van der Waals surface area (Å²) < 4.78 is 20.5. The maximum absolute atomic E-state index is 13.4. The molecule has 1 aromatic carbocycles. The van der Waals surface area contributed by atoms with Crippen molar-refractivity contribution in [1.29, 1.82) is 0 Å². The van der Waals surface area contributed by atoms with E-state index >= 15 is 0 Å². The molecule has 1 N–H and O–H groups in total. The van der Waals surface area contributed by atoms with Gasteiger partial charge in [0.05, 0.1) is 19.1 Å². The molecule has 1 unspecified atom stereocenters. The van der Waals surface area contributed by atoms with Gasteiger partial charge in [-0.3, -0.25) is 4.79 Å². The maximum Gasteiger partial charge on any atom is 0.306 e. The summed E-state index contributed by atoms with van der Waals surface area (Å²) in [5, 5.41) is 20.0. The minimum Gasteiger partial charge on any atom is -0.481 e. The van der Waals surface area contributed by atoms with E-state index in [1.54, 1.807) is 6.07 Å². The number of halogens is 2. The number of benzene rings is 1. The van der Waals surface area contributed by atoms with Crippen molar-refractivity contribution >= 4 is 21.9 Å². The number of nitrogens with zero attached hydrogens (tertiary/aromatic N) is 4. The molecule has 112 valence electrons. The molecule has 0 fully saturated rings. The predicted octanol–water partition coefficient (Wildman–Crippen LogP) is 1.73. The molecule has 0 amide bonds. The molecule has 7 nitrogen and oxygen atoms in total. The van der Waals surface area contributed by atoms with Gasteiger partial charge in [0.2, 0.25) is 0 Å². The Balaban J connectivity index is 2.27. The fraction of sp³-hybridized carbons (Fsp3) is 0.333. The molecule has 0 saturated carbocycles. The second kappa shape index (κ2) is 6.72. The highest BCUT2D eigenvalue weighted by Crippen LogP contribution is 2.23. The third-order valence-electron chi connectivity index (χ3n) is 2.76. The highest BCUT2D eigenvalue weighted by molar-refractivity contribution is 9.10. The summed E-state index contributed by atoms with van der Waals surface area (Å²) in [6.45, 7) is 0.152. The average Bonchev–Trinajstić information content (AvgIpc) is 2.84. The van der Waals surface area contributed by atoms with Crippen LogP contribution in [0.15, 0.2) is 22.7 Å². The van der Waals surface area contributed by atoms with E-state index < -0.39 is 17.9 Å². The van der Waals surface area contributed by atoms with Gasteiger partial charge in [-0.1, -0.05) is 15.9 Å². The van der Waals surface area contributed by atoms with Gasteiger partial charge in [0.1, 0.15) is 5.82 Å². The van der Waals surface area contributed by atoms with Crippen LogP contribution < -0.4 is 0 Å². The summed E-state index contributed by atoms with van der Waals surface area (Å²) in [6, 6.07) is 4.29. The van der Waals surface area contributed by atoms with E-state index in [0.29, 0.717) is 15.9 Å². The van der Waals surface area contributed by atoms with Crippen molar-refractivity contribution in [1.82, 2.24) is 20.2 Å². The van der Waals surface area contributed by atoms with Gasteiger partial charge in [0, 0.05) is 17.1 Å². The number of methoxy groups -OCH3 is 1. The zero-order valence-corrected chi connectivity index (χ0v) is 12.6. The van der Waals surface area contributed by atoms with Crippen LogP contribution in [0, 0.1) is 5.82 Å². The van der Waals surface area contributed by atoms with Gasteiger partial charge >= 0.3 is 5.97 Å². The van der Waals surface area contributed by atoms with Gasteiger partial charge in [-0.05, 0) is 28.6 Å². The molecule has 0 aliphatic rings. The van der Waals surface area contributed by atoms with Crippen molar-refractivity contribution < 1.29 is 19.0 Å². The fourth-order valence-corrected chi connectivity index (χ4v) is 2.29. The fourth-order valence-electron chi connectivity index (χ4n) is 1.83. The third kappa shape index (κ3) is 4.05. The zero-order chi connectivity index (χ0) is 15.4. The van der Waals surface area contributed by atoms with Crippen LogP contribution in [-0.4, -0.2) is 44.5 Å². The Morgan fingerprint density at radius 3 is 2.90 bits per heavy atom. The van der Waals surface area contributed by atoms with E-state index in [4.69, 9.17) is 9.84 Å². The first-order valence-electron chi connectivity index (χ1n) is 5.97. The van der Waals surface area contributed by atoms with Gasteiger partial charge < -0.3 is 9.84 Å². The van der Waals surface area contributed by atoms with E-state index in [0.717, 1.165) is 0 Å². The molecular weight excluding hydrogens is 347 g/mol. The largest absolute Gasteiger partial charge is 0.481 e. The van der Waals surface area contributed by atoms with Gasteiger partial charge in [-0.15, -0.1) is 5.10 Å². The van der Waals surface area contributed by atoms with Crippen LogP contribution in [0.25, 0.3) is 11.4 Å². The molecule has 2 aromatic rings. The van der Waals surface area contributed by atoms with Crippen LogP contribution in [0.3, 0.4) is 0 Å². The lowest BCUT2D eigenvalue weighted by Crippen LogP contribution is -2.23. The molecule has 1 atom stereocenters. The summed E-state index contributed by atoms with van der Waals surface area (Å²) in [4.78, 5) is 10.7. The Bertz CT molecular complexity index is 629. The van der Waals surface area contributed by atoms with E-state index in [-0.39, 0.29) is 13.0 Å². The number of aromatic nitrogens is 4. The second-order valence-corrected chi connectivity index (χ2v) is 5.21. The molecule has 9 heteroatoms.